The van der Waals surface area contributed by atoms with E-state index in [1.54, 1.807) is 0 Å². The van der Waals surface area contributed by atoms with Gasteiger partial charge < -0.3 is 27.8 Å². The molecule has 1 aromatic rings. The molecule has 186 valence electrons. The molecule has 1 unspecified atom stereocenters. The van der Waals surface area contributed by atoms with Crippen molar-refractivity contribution in [2.45, 2.75) is 70.0 Å². The molecular formula is C20H33N2O9PSi. The maximum atomic E-state index is 12.6. The molecule has 33 heavy (non-hydrogen) atoms. The Balaban J connectivity index is 1.89. The van der Waals surface area contributed by atoms with Crippen LogP contribution in [-0.2, 0) is 39.0 Å². The van der Waals surface area contributed by atoms with E-state index in [9.17, 15) is 14.4 Å². The summed E-state index contributed by atoms with van der Waals surface area (Å²) in [6.07, 6.45) is -0.882. The van der Waals surface area contributed by atoms with E-state index < -0.39 is 58.4 Å². The van der Waals surface area contributed by atoms with Crippen molar-refractivity contribution in [3.05, 3.63) is 32.6 Å². The largest absolute Gasteiger partial charge is 0.457 e. The first kappa shape index (κ1) is 26.2. The molecule has 1 N–H and O–H groups in total. The molecule has 2 aliphatic heterocycles. The number of fused-ring (bicyclic) bond motifs is 5. The van der Waals surface area contributed by atoms with Crippen LogP contribution in [0.4, 0.5) is 0 Å². The van der Waals surface area contributed by atoms with Gasteiger partial charge in [0.25, 0.3) is 5.56 Å². The highest BCUT2D eigenvalue weighted by Crippen LogP contribution is 2.42. The van der Waals surface area contributed by atoms with Gasteiger partial charge >= 0.3 is 20.3 Å². The molecule has 1 fully saturated rings. The molecule has 1 saturated heterocycles. The van der Waals surface area contributed by atoms with E-state index in [4.69, 9.17) is 27.8 Å². The Morgan fingerprint density at radius 2 is 2.03 bits per heavy atom. The normalized spacial score (nSPS) is 28.5. The average Bonchev–Trinajstić information content (AvgIpc) is 3.05. The van der Waals surface area contributed by atoms with Gasteiger partial charge in [-0.1, -0.05) is 19.6 Å². The molecule has 11 nitrogen and oxygen atoms in total. The lowest BCUT2D eigenvalue weighted by Gasteiger charge is -2.24. The number of H-pyrrole nitrogens is 1. The second-order valence-electron chi connectivity index (χ2n) is 9.26. The first-order valence-electron chi connectivity index (χ1n) is 11.0. The number of nitrogens with zero attached hydrogens (tertiary/aromatic N) is 1. The number of carbonyl (C=O) groups excluding carboxylic acids is 1. The van der Waals surface area contributed by atoms with Crippen molar-refractivity contribution >= 4 is 22.6 Å². The molecule has 0 spiro atoms. The van der Waals surface area contributed by atoms with Gasteiger partial charge in [-0.25, -0.2) is 4.79 Å². The minimum atomic E-state index is -1.67. The number of esters is 1. The predicted octanol–water partition coefficient (Wildman–Crippen LogP) is 1.94. The molecule has 0 radical (unpaired) electrons. The maximum absolute atomic E-state index is 12.6. The number of hydrogen-bond acceptors (Lipinski definition) is 9. The number of rotatable bonds is 6. The lowest BCUT2D eigenvalue weighted by molar-refractivity contribution is -0.154. The van der Waals surface area contributed by atoms with E-state index in [0.717, 1.165) is 6.04 Å². The van der Waals surface area contributed by atoms with E-state index in [1.165, 1.54) is 24.8 Å². The van der Waals surface area contributed by atoms with Gasteiger partial charge in [-0.3, -0.25) is 19.1 Å². The zero-order chi connectivity index (χ0) is 24.2. The maximum Gasteiger partial charge on any atom is 0.332 e. The van der Waals surface area contributed by atoms with Gasteiger partial charge in [-0.15, -0.1) is 0 Å². The zero-order valence-electron chi connectivity index (χ0n) is 19.7. The van der Waals surface area contributed by atoms with Gasteiger partial charge in [0, 0.05) is 33.9 Å². The fraction of sp³-hybridized carbons (Fsp3) is 0.750. The smallest absolute Gasteiger partial charge is 0.332 e. The summed E-state index contributed by atoms with van der Waals surface area (Å²) in [5.74, 6) is -0.517. The Kier molecular flexibility index (Phi) is 9.01. The molecule has 3 rings (SSSR count). The van der Waals surface area contributed by atoms with Crippen LogP contribution in [0, 0.1) is 0 Å². The number of hydrogen-bond donors (Lipinski definition) is 1. The van der Waals surface area contributed by atoms with Crippen molar-refractivity contribution in [1.82, 2.24) is 9.55 Å². The Morgan fingerprint density at radius 1 is 1.27 bits per heavy atom. The molecule has 0 aliphatic carbocycles. The summed E-state index contributed by atoms with van der Waals surface area (Å²) in [6.45, 7) is 8.90. The number of aryl methyl sites for hydroxylation is 1. The van der Waals surface area contributed by atoms with Crippen molar-refractivity contribution in [2.75, 3.05) is 26.9 Å². The summed E-state index contributed by atoms with van der Waals surface area (Å²) in [7, 11) is -1.53. The molecule has 0 saturated carbocycles. The summed E-state index contributed by atoms with van der Waals surface area (Å²) in [6, 6.07) is 0.951. The lowest BCUT2D eigenvalue weighted by Crippen LogP contribution is -2.41. The second kappa shape index (κ2) is 11.3. The van der Waals surface area contributed by atoms with Crippen LogP contribution in [0.25, 0.3) is 0 Å². The molecule has 4 bridgehead atoms. The second-order valence-corrected chi connectivity index (χ2v) is 16.1. The Labute approximate surface area is 194 Å². The number of ether oxygens (including phenoxy) is 3. The third-order valence-electron chi connectivity index (χ3n) is 5.36. The van der Waals surface area contributed by atoms with Crippen molar-refractivity contribution in [3.63, 3.8) is 0 Å². The van der Waals surface area contributed by atoms with Crippen LogP contribution in [0.3, 0.4) is 0 Å². The Bertz CT molecular complexity index is 931. The van der Waals surface area contributed by atoms with Gasteiger partial charge in [-0.05, 0) is 18.9 Å². The quantitative estimate of drug-likeness (QED) is 0.351. The van der Waals surface area contributed by atoms with Gasteiger partial charge in [0.2, 0.25) is 0 Å². The zero-order valence-corrected chi connectivity index (χ0v) is 21.6. The van der Waals surface area contributed by atoms with Gasteiger partial charge in [0.05, 0.1) is 19.8 Å². The van der Waals surface area contributed by atoms with Crippen LogP contribution in [0.5, 0.6) is 0 Å². The fourth-order valence-corrected chi connectivity index (χ4v) is 5.52. The fourth-order valence-electron chi connectivity index (χ4n) is 3.62. The van der Waals surface area contributed by atoms with Crippen LogP contribution in [0.1, 0.15) is 25.1 Å². The molecule has 13 heteroatoms. The molecule has 0 aromatic carbocycles. The van der Waals surface area contributed by atoms with Crippen LogP contribution in [-0.4, -0.2) is 68.8 Å². The summed E-state index contributed by atoms with van der Waals surface area (Å²) < 4.78 is 36.1. The number of aromatic amines is 1. The van der Waals surface area contributed by atoms with E-state index in [-0.39, 0.29) is 6.61 Å². The SMILES string of the molecule is CO[C@@H]1[C@H](OC(C)=O)[C@H]2COP(OCC[Si](C)(C)C)OCCCc3cn(c(=O)[nH]c3=O)[C@@H]1O2. The summed E-state index contributed by atoms with van der Waals surface area (Å²) >= 11 is 0. The highest BCUT2D eigenvalue weighted by atomic mass is 31.2. The van der Waals surface area contributed by atoms with Crippen LogP contribution in [0.2, 0.25) is 25.7 Å². The summed E-state index contributed by atoms with van der Waals surface area (Å²) in [4.78, 5) is 39.0. The standard InChI is InChI=1S/C20H33N2O9PSi/c1-13(23)30-16-15-12-29-32(28-9-10-33(3,4)5)27-8-6-7-14-11-22(20(25)21-18(14)24)19(31-15)17(16)26-2/h11,15-17,19H,6-10,12H2,1-5H3,(H,21,24,25)/t15-,16-,17-,19-,32?/m1/s1. The van der Waals surface area contributed by atoms with Crippen molar-refractivity contribution in [1.29, 1.82) is 0 Å². The number of carbonyl (C=O) groups is 1. The third kappa shape index (κ3) is 7.04. The summed E-state index contributed by atoms with van der Waals surface area (Å²) in [5, 5.41) is 0. The van der Waals surface area contributed by atoms with E-state index in [0.29, 0.717) is 31.6 Å². The molecule has 5 atom stereocenters. The molecule has 0 amide bonds. The van der Waals surface area contributed by atoms with Gasteiger partial charge in [-0.2, -0.15) is 0 Å². The van der Waals surface area contributed by atoms with E-state index in [2.05, 4.69) is 24.6 Å². The molecular weight excluding hydrogens is 471 g/mol. The first-order valence-corrected chi connectivity index (χ1v) is 15.8. The summed E-state index contributed by atoms with van der Waals surface area (Å²) in [5.41, 5.74) is -0.689. The lowest BCUT2D eigenvalue weighted by atomic mass is 10.1. The Hall–Kier alpha value is -1.40. The molecule has 2 aliphatic rings. The molecule has 3 heterocycles. The highest BCUT2D eigenvalue weighted by Gasteiger charge is 2.49. The predicted molar refractivity (Wildman–Crippen MR) is 123 cm³/mol. The van der Waals surface area contributed by atoms with Crippen molar-refractivity contribution < 1.29 is 32.6 Å². The van der Waals surface area contributed by atoms with Crippen molar-refractivity contribution in [3.8, 4) is 0 Å². The average molecular weight is 505 g/mol. The number of aromatic nitrogens is 2. The van der Waals surface area contributed by atoms with E-state index >= 15 is 0 Å². The number of methoxy groups -OCH3 is 1. The van der Waals surface area contributed by atoms with E-state index in [1.807, 2.05) is 0 Å². The third-order valence-corrected chi connectivity index (χ3v) is 8.21. The van der Waals surface area contributed by atoms with Gasteiger partial charge in [0.1, 0.15) is 12.2 Å². The topological polar surface area (TPSA) is 127 Å². The first-order chi connectivity index (χ1) is 15.6. The minimum absolute atomic E-state index is 0.0118. The monoisotopic (exact) mass is 504 g/mol. The minimum Gasteiger partial charge on any atom is -0.457 e. The van der Waals surface area contributed by atoms with Crippen molar-refractivity contribution in [2.24, 2.45) is 0 Å². The number of nitrogens with one attached hydrogen (secondary N) is 1. The van der Waals surface area contributed by atoms with Crippen LogP contribution in [0.15, 0.2) is 15.8 Å². The van der Waals surface area contributed by atoms with Gasteiger partial charge in [0.15, 0.2) is 12.3 Å². The Morgan fingerprint density at radius 3 is 2.70 bits per heavy atom. The molecule has 1 aromatic heterocycles. The highest BCUT2D eigenvalue weighted by molar-refractivity contribution is 7.41. The van der Waals surface area contributed by atoms with Crippen LogP contribution >= 0.6 is 8.60 Å². The van der Waals surface area contributed by atoms with Crippen LogP contribution < -0.4 is 11.2 Å².